The van der Waals surface area contributed by atoms with Crippen LogP contribution in [0.4, 0.5) is 24.5 Å². The van der Waals surface area contributed by atoms with Crippen LogP contribution in [0.15, 0.2) is 70.9 Å². The first-order chi connectivity index (χ1) is 15.7. The Morgan fingerprint density at radius 2 is 1.30 bits per heavy atom. The zero-order valence-electron chi connectivity index (χ0n) is 18.4. The summed E-state index contributed by atoms with van der Waals surface area (Å²) in [5.74, 6) is 0.475. The first-order valence-corrected chi connectivity index (χ1v) is 10.5. The molecule has 9 heteroatoms. The summed E-state index contributed by atoms with van der Waals surface area (Å²) in [6, 6.07) is 13.0. The fourth-order valence-corrected chi connectivity index (χ4v) is 2.53. The lowest BCUT2D eigenvalue weighted by Gasteiger charge is -2.08. The maximum absolute atomic E-state index is 12.2. The van der Waals surface area contributed by atoms with Gasteiger partial charge in [-0.1, -0.05) is 6.58 Å². The average Bonchev–Trinajstić information content (AvgIpc) is 2.78. The second-order valence-electron chi connectivity index (χ2n) is 7.27. The van der Waals surface area contributed by atoms with E-state index >= 15 is 0 Å². The van der Waals surface area contributed by atoms with Crippen LogP contribution in [0.3, 0.4) is 0 Å². The lowest BCUT2D eigenvalue weighted by atomic mass is 10.2. The molecule has 33 heavy (non-hydrogen) atoms. The van der Waals surface area contributed by atoms with Gasteiger partial charge in [0, 0.05) is 5.57 Å². The van der Waals surface area contributed by atoms with Gasteiger partial charge in [-0.3, -0.25) is 0 Å². The maximum atomic E-state index is 12.2. The van der Waals surface area contributed by atoms with Crippen LogP contribution in [0.2, 0.25) is 0 Å². The van der Waals surface area contributed by atoms with Crippen molar-refractivity contribution in [2.45, 2.75) is 38.8 Å². The van der Waals surface area contributed by atoms with Crippen LogP contribution in [-0.2, 0) is 9.53 Å². The third kappa shape index (κ3) is 11.2. The van der Waals surface area contributed by atoms with E-state index in [9.17, 15) is 18.0 Å². The van der Waals surface area contributed by atoms with Gasteiger partial charge in [0.2, 0.25) is 0 Å². The summed E-state index contributed by atoms with van der Waals surface area (Å²) in [5.41, 5.74) is 1.51. The number of azo groups is 1. The number of unbranched alkanes of at least 4 members (excludes halogenated alkanes) is 3. The number of halogens is 3. The summed E-state index contributed by atoms with van der Waals surface area (Å²) in [5, 5.41) is 8.16. The van der Waals surface area contributed by atoms with Crippen molar-refractivity contribution in [2.24, 2.45) is 10.2 Å². The summed E-state index contributed by atoms with van der Waals surface area (Å²) < 4.78 is 51.9. The van der Waals surface area contributed by atoms with E-state index in [4.69, 9.17) is 9.47 Å². The normalized spacial score (nSPS) is 11.4. The number of ether oxygens (including phenoxy) is 3. The zero-order valence-corrected chi connectivity index (χ0v) is 18.4. The molecule has 0 fully saturated rings. The Balaban J connectivity index is 1.65. The lowest BCUT2D eigenvalue weighted by molar-refractivity contribution is -0.153. The SMILES string of the molecule is C=C(C)C(=O)OCCCCCCOc1ccc(N=Nc2ccc(OCC(F)(F)F)cc2)cc1. The van der Waals surface area contributed by atoms with Crippen molar-refractivity contribution in [3.63, 3.8) is 0 Å². The molecular formula is C24H27F3N2O4. The van der Waals surface area contributed by atoms with Crippen molar-refractivity contribution in [2.75, 3.05) is 19.8 Å². The van der Waals surface area contributed by atoms with Gasteiger partial charge in [0.25, 0.3) is 0 Å². The number of hydrogen-bond acceptors (Lipinski definition) is 6. The van der Waals surface area contributed by atoms with E-state index in [1.54, 1.807) is 31.2 Å². The first kappa shape index (κ1) is 25.9. The molecule has 2 rings (SSSR count). The number of carbonyl (C=O) groups excluding carboxylic acids is 1. The van der Waals surface area contributed by atoms with Crippen molar-refractivity contribution in [3.8, 4) is 11.5 Å². The molecule has 0 aliphatic carbocycles. The van der Waals surface area contributed by atoms with Crippen molar-refractivity contribution >= 4 is 17.3 Å². The predicted molar refractivity (Wildman–Crippen MR) is 118 cm³/mol. The molecule has 0 radical (unpaired) electrons. The monoisotopic (exact) mass is 464 g/mol. The summed E-state index contributed by atoms with van der Waals surface area (Å²) in [6.07, 6.45) is -0.768. The Morgan fingerprint density at radius 1 is 0.818 bits per heavy atom. The van der Waals surface area contributed by atoms with Crippen LogP contribution in [0.25, 0.3) is 0 Å². The molecule has 0 saturated carbocycles. The summed E-state index contributed by atoms with van der Waals surface area (Å²) in [6.45, 7) is 4.80. The van der Waals surface area contributed by atoms with Crippen molar-refractivity contribution in [1.82, 2.24) is 0 Å². The van der Waals surface area contributed by atoms with Crippen molar-refractivity contribution in [3.05, 3.63) is 60.7 Å². The van der Waals surface area contributed by atoms with Crippen LogP contribution < -0.4 is 9.47 Å². The summed E-state index contributed by atoms with van der Waals surface area (Å²) >= 11 is 0. The van der Waals surface area contributed by atoms with E-state index in [0.29, 0.717) is 30.2 Å². The molecule has 0 aliphatic rings. The standard InChI is InChI=1S/C24H27F3N2O4/c1-18(2)23(30)32-16-6-4-3-5-15-31-21-11-7-19(8-12-21)28-29-20-9-13-22(14-10-20)33-17-24(25,26)27/h7-14H,1,3-6,15-17H2,2H3. The quantitative estimate of drug-likeness (QED) is 0.137. The Labute approximate surface area is 191 Å². The van der Waals surface area contributed by atoms with Gasteiger partial charge in [-0.05, 0) is 81.1 Å². The Hall–Kier alpha value is -3.36. The molecule has 0 unspecified atom stereocenters. The van der Waals surface area contributed by atoms with Crippen molar-refractivity contribution in [1.29, 1.82) is 0 Å². The number of rotatable bonds is 13. The highest BCUT2D eigenvalue weighted by molar-refractivity contribution is 5.86. The third-order valence-electron chi connectivity index (χ3n) is 4.25. The van der Waals surface area contributed by atoms with Gasteiger partial charge < -0.3 is 14.2 Å². The summed E-state index contributed by atoms with van der Waals surface area (Å²) in [4.78, 5) is 11.2. The van der Waals surface area contributed by atoms with Crippen molar-refractivity contribution < 1.29 is 32.2 Å². The van der Waals surface area contributed by atoms with Gasteiger partial charge in [0.15, 0.2) is 6.61 Å². The van der Waals surface area contributed by atoms with E-state index in [0.717, 1.165) is 31.4 Å². The molecular weight excluding hydrogens is 437 g/mol. The van der Waals surface area contributed by atoms with Crippen LogP contribution in [0.5, 0.6) is 11.5 Å². The largest absolute Gasteiger partial charge is 0.494 e. The third-order valence-corrected chi connectivity index (χ3v) is 4.25. The van der Waals surface area contributed by atoms with Gasteiger partial charge in [-0.15, -0.1) is 0 Å². The number of esters is 1. The average molecular weight is 464 g/mol. The molecule has 0 N–H and O–H groups in total. The van der Waals surface area contributed by atoms with E-state index in [1.807, 2.05) is 0 Å². The van der Waals surface area contributed by atoms with E-state index < -0.39 is 12.8 Å². The Kier molecular flexibility index (Phi) is 10.4. The van der Waals surface area contributed by atoms with Crippen LogP contribution in [0.1, 0.15) is 32.6 Å². The minimum atomic E-state index is -4.38. The number of hydrogen-bond donors (Lipinski definition) is 0. The molecule has 0 saturated heterocycles. The van der Waals surface area contributed by atoms with Gasteiger partial charge in [-0.2, -0.15) is 23.4 Å². The van der Waals surface area contributed by atoms with Crippen LogP contribution in [0, 0.1) is 0 Å². The minimum absolute atomic E-state index is 0.110. The molecule has 0 amide bonds. The predicted octanol–water partition coefficient (Wildman–Crippen LogP) is 7.10. The van der Waals surface area contributed by atoms with E-state index in [1.165, 1.54) is 24.3 Å². The molecule has 0 heterocycles. The van der Waals surface area contributed by atoms with Gasteiger partial charge >= 0.3 is 12.1 Å². The number of alkyl halides is 3. The van der Waals surface area contributed by atoms with Gasteiger partial charge in [0.05, 0.1) is 24.6 Å². The lowest BCUT2D eigenvalue weighted by Crippen LogP contribution is -2.19. The van der Waals surface area contributed by atoms with Crippen LogP contribution >= 0.6 is 0 Å². The Morgan fingerprint density at radius 3 is 1.79 bits per heavy atom. The van der Waals surface area contributed by atoms with Gasteiger partial charge in [0.1, 0.15) is 11.5 Å². The van der Waals surface area contributed by atoms with Gasteiger partial charge in [-0.25, -0.2) is 4.79 Å². The first-order valence-electron chi connectivity index (χ1n) is 10.5. The molecule has 2 aromatic rings. The fourth-order valence-electron chi connectivity index (χ4n) is 2.53. The zero-order chi connectivity index (χ0) is 24.1. The van der Waals surface area contributed by atoms with E-state index in [2.05, 4.69) is 21.5 Å². The second-order valence-corrected chi connectivity index (χ2v) is 7.27. The molecule has 2 aromatic carbocycles. The number of carbonyl (C=O) groups is 1. The summed E-state index contributed by atoms with van der Waals surface area (Å²) in [7, 11) is 0. The minimum Gasteiger partial charge on any atom is -0.494 e. The molecule has 6 nitrogen and oxygen atoms in total. The number of nitrogens with zero attached hydrogens (tertiary/aromatic N) is 2. The van der Waals surface area contributed by atoms with E-state index in [-0.39, 0.29) is 11.7 Å². The number of benzene rings is 2. The second kappa shape index (κ2) is 13.2. The molecule has 0 aliphatic heterocycles. The Bertz CT molecular complexity index is 911. The molecule has 178 valence electrons. The van der Waals surface area contributed by atoms with Crippen LogP contribution in [-0.4, -0.2) is 32.0 Å². The maximum Gasteiger partial charge on any atom is 0.422 e. The topological polar surface area (TPSA) is 69.5 Å². The highest BCUT2D eigenvalue weighted by Crippen LogP contribution is 2.24. The molecule has 0 spiro atoms. The highest BCUT2D eigenvalue weighted by atomic mass is 19.4. The highest BCUT2D eigenvalue weighted by Gasteiger charge is 2.28. The molecule has 0 bridgehead atoms. The molecule has 0 aromatic heterocycles. The smallest absolute Gasteiger partial charge is 0.422 e. The molecule has 0 atom stereocenters. The fraction of sp³-hybridized carbons (Fsp3) is 0.375.